The van der Waals surface area contributed by atoms with Crippen molar-refractivity contribution in [3.63, 3.8) is 0 Å². The van der Waals surface area contributed by atoms with Crippen LogP contribution in [0.15, 0.2) is 12.4 Å². The van der Waals surface area contributed by atoms with E-state index in [1.165, 1.54) is 6.33 Å². The first kappa shape index (κ1) is 11.3. The molecule has 1 aliphatic heterocycles. The van der Waals surface area contributed by atoms with Gasteiger partial charge in [-0.15, -0.1) is 0 Å². The minimum atomic E-state index is -0.171. The smallest absolute Gasteiger partial charge is 0.164 e. The van der Waals surface area contributed by atoms with Gasteiger partial charge in [0.1, 0.15) is 6.33 Å². The van der Waals surface area contributed by atoms with Gasteiger partial charge < -0.3 is 10.2 Å². The van der Waals surface area contributed by atoms with Gasteiger partial charge in [-0.25, -0.2) is 20.8 Å². The van der Waals surface area contributed by atoms with Gasteiger partial charge in [-0.2, -0.15) is 0 Å². The van der Waals surface area contributed by atoms with Crippen molar-refractivity contribution in [1.82, 2.24) is 15.0 Å². The van der Waals surface area contributed by atoms with Crippen molar-refractivity contribution in [2.24, 2.45) is 5.84 Å². The number of nitrogen functional groups attached to an aromatic ring is 1. The molecule has 0 saturated carbocycles. The highest BCUT2D eigenvalue weighted by Gasteiger charge is 2.27. The molecule has 18 heavy (non-hydrogen) atoms. The minimum Gasteiger partial charge on any atom is -0.370 e. The number of nitrogens with two attached hydrogens (primary N) is 1. The first-order chi connectivity index (χ1) is 8.59. The second-order valence-corrected chi connectivity index (χ2v) is 5.06. The predicted molar refractivity (Wildman–Crippen MR) is 67.7 cm³/mol. The van der Waals surface area contributed by atoms with Crippen LogP contribution >= 0.6 is 0 Å². The fraction of sp³-hybridized carbons (Fsp3) is 0.417. The first-order valence-electron chi connectivity index (χ1n) is 5.83. The fourth-order valence-corrected chi connectivity index (χ4v) is 2.19. The Kier molecular flexibility index (Phi) is 2.42. The third-order valence-electron chi connectivity index (χ3n) is 3.14. The molecular formula is C12H15N5O. The van der Waals surface area contributed by atoms with Crippen LogP contribution in [0.25, 0.3) is 11.0 Å². The molecule has 6 heteroatoms. The Hall–Kier alpha value is -1.79. The summed E-state index contributed by atoms with van der Waals surface area (Å²) in [5, 5.41) is 0.821. The number of ether oxygens (including phenoxy) is 1. The molecule has 0 aromatic carbocycles. The summed E-state index contributed by atoms with van der Waals surface area (Å²) in [4.78, 5) is 12.9. The number of anilines is 1. The van der Waals surface area contributed by atoms with E-state index in [-0.39, 0.29) is 5.60 Å². The molecule has 0 aliphatic carbocycles. The van der Waals surface area contributed by atoms with Crippen LogP contribution in [0.4, 0.5) is 5.82 Å². The van der Waals surface area contributed by atoms with Gasteiger partial charge in [-0.1, -0.05) is 0 Å². The highest BCUT2D eigenvalue weighted by atomic mass is 16.5. The van der Waals surface area contributed by atoms with Crippen molar-refractivity contribution in [3.8, 4) is 0 Å². The molecule has 0 radical (unpaired) electrons. The van der Waals surface area contributed by atoms with Crippen LogP contribution in [0.2, 0.25) is 0 Å². The molecule has 3 rings (SSSR count). The maximum atomic E-state index is 5.78. The lowest BCUT2D eigenvalue weighted by atomic mass is 9.95. The van der Waals surface area contributed by atoms with E-state index in [2.05, 4.69) is 34.2 Å². The summed E-state index contributed by atoms with van der Waals surface area (Å²) in [5.41, 5.74) is 5.17. The van der Waals surface area contributed by atoms with Crippen LogP contribution < -0.4 is 11.3 Å². The van der Waals surface area contributed by atoms with Gasteiger partial charge >= 0.3 is 0 Å². The molecule has 0 bridgehead atoms. The molecule has 0 atom stereocenters. The maximum absolute atomic E-state index is 5.78. The summed E-state index contributed by atoms with van der Waals surface area (Å²) in [6.07, 6.45) is 2.25. The highest BCUT2D eigenvalue weighted by molar-refractivity contribution is 5.86. The molecule has 3 N–H and O–H groups in total. The lowest BCUT2D eigenvalue weighted by Crippen LogP contribution is -2.32. The van der Waals surface area contributed by atoms with Crippen molar-refractivity contribution < 1.29 is 4.74 Å². The molecule has 0 spiro atoms. The zero-order chi connectivity index (χ0) is 12.8. The molecule has 0 amide bonds. The Bertz CT molecular complexity index is 611. The third kappa shape index (κ3) is 1.79. The van der Waals surface area contributed by atoms with Crippen molar-refractivity contribution in [2.75, 3.05) is 5.43 Å². The summed E-state index contributed by atoms with van der Waals surface area (Å²) >= 11 is 0. The monoisotopic (exact) mass is 245 g/mol. The largest absolute Gasteiger partial charge is 0.370 e. The van der Waals surface area contributed by atoms with Gasteiger partial charge in [0.05, 0.1) is 23.3 Å². The Morgan fingerprint density at radius 2 is 2.22 bits per heavy atom. The topological polar surface area (TPSA) is 86.0 Å². The molecule has 94 valence electrons. The number of nitrogens with one attached hydrogen (secondary N) is 1. The molecular weight excluding hydrogens is 230 g/mol. The summed E-state index contributed by atoms with van der Waals surface area (Å²) in [5.74, 6) is 6.02. The number of hydrogen-bond acceptors (Lipinski definition) is 6. The van der Waals surface area contributed by atoms with E-state index in [1.54, 1.807) is 0 Å². The van der Waals surface area contributed by atoms with Crippen molar-refractivity contribution in [1.29, 1.82) is 0 Å². The summed E-state index contributed by atoms with van der Waals surface area (Å²) < 4.78 is 5.78. The van der Waals surface area contributed by atoms with Crippen LogP contribution in [0.5, 0.6) is 0 Å². The zero-order valence-corrected chi connectivity index (χ0v) is 10.4. The van der Waals surface area contributed by atoms with E-state index in [1.807, 2.05) is 6.07 Å². The highest BCUT2D eigenvalue weighted by Crippen LogP contribution is 2.29. The molecule has 2 aromatic heterocycles. The Labute approximate surface area is 105 Å². The normalized spacial score (nSPS) is 17.5. The third-order valence-corrected chi connectivity index (χ3v) is 3.14. The molecule has 0 fully saturated rings. The molecule has 0 saturated heterocycles. The minimum absolute atomic E-state index is 0.171. The quantitative estimate of drug-likeness (QED) is 0.579. The van der Waals surface area contributed by atoms with Crippen LogP contribution in [0, 0.1) is 0 Å². The van der Waals surface area contributed by atoms with Gasteiger partial charge in [-0.3, -0.25) is 0 Å². The van der Waals surface area contributed by atoms with Gasteiger partial charge in [0.15, 0.2) is 11.5 Å². The van der Waals surface area contributed by atoms with Crippen molar-refractivity contribution in [2.45, 2.75) is 32.5 Å². The van der Waals surface area contributed by atoms with E-state index >= 15 is 0 Å². The van der Waals surface area contributed by atoms with E-state index in [9.17, 15) is 0 Å². The molecule has 6 nitrogen and oxygen atoms in total. The number of rotatable bonds is 1. The fourth-order valence-electron chi connectivity index (χ4n) is 2.19. The second-order valence-electron chi connectivity index (χ2n) is 5.06. The first-order valence-corrected chi connectivity index (χ1v) is 5.83. The SMILES string of the molecule is CC1(C)Cc2nc3ncnc(NN)c3cc2CO1. The number of fused-ring (bicyclic) bond motifs is 2. The number of hydrazine groups is 1. The number of hydrogen-bond donors (Lipinski definition) is 2. The number of nitrogens with zero attached hydrogens (tertiary/aromatic N) is 3. The molecule has 0 unspecified atom stereocenters. The summed E-state index contributed by atoms with van der Waals surface area (Å²) in [7, 11) is 0. The molecule has 3 heterocycles. The van der Waals surface area contributed by atoms with Gasteiger partial charge in [0.2, 0.25) is 0 Å². The second kappa shape index (κ2) is 3.86. The molecule has 1 aliphatic rings. The number of pyridine rings is 1. The van der Waals surface area contributed by atoms with Gasteiger partial charge in [-0.05, 0) is 19.9 Å². The van der Waals surface area contributed by atoms with Gasteiger partial charge in [0, 0.05) is 12.0 Å². The lowest BCUT2D eigenvalue weighted by Gasteiger charge is -2.31. The summed E-state index contributed by atoms with van der Waals surface area (Å²) in [6, 6.07) is 2.00. The van der Waals surface area contributed by atoms with Gasteiger partial charge in [0.25, 0.3) is 0 Å². The Balaban J connectivity index is 2.19. The van der Waals surface area contributed by atoms with E-state index in [4.69, 9.17) is 10.6 Å². The maximum Gasteiger partial charge on any atom is 0.164 e. The molecule has 2 aromatic rings. The predicted octanol–water partition coefficient (Wildman–Crippen LogP) is 1.16. The average Bonchev–Trinajstić information content (AvgIpc) is 2.34. The standard InChI is InChI=1S/C12H15N5O/c1-12(2)4-9-7(5-18-12)3-8-10(16-9)14-6-15-11(8)17-13/h3,6H,4-5,13H2,1-2H3,(H,14,15,16,17). The van der Waals surface area contributed by atoms with E-state index < -0.39 is 0 Å². The Morgan fingerprint density at radius 1 is 1.39 bits per heavy atom. The number of aromatic nitrogens is 3. The van der Waals surface area contributed by atoms with Crippen LogP contribution in [-0.4, -0.2) is 20.6 Å². The van der Waals surface area contributed by atoms with E-state index in [0.29, 0.717) is 18.1 Å². The van der Waals surface area contributed by atoms with Crippen molar-refractivity contribution in [3.05, 3.63) is 23.7 Å². The average molecular weight is 245 g/mol. The van der Waals surface area contributed by atoms with Crippen molar-refractivity contribution >= 4 is 16.9 Å². The Morgan fingerprint density at radius 3 is 3.00 bits per heavy atom. The summed E-state index contributed by atoms with van der Waals surface area (Å²) in [6.45, 7) is 4.69. The van der Waals surface area contributed by atoms with E-state index in [0.717, 1.165) is 23.1 Å². The van der Waals surface area contributed by atoms with Crippen LogP contribution in [0.3, 0.4) is 0 Å². The lowest BCUT2D eigenvalue weighted by molar-refractivity contribution is -0.0411. The van der Waals surface area contributed by atoms with Crippen LogP contribution in [0.1, 0.15) is 25.1 Å². The van der Waals surface area contributed by atoms with Crippen LogP contribution in [-0.2, 0) is 17.8 Å². The zero-order valence-electron chi connectivity index (χ0n) is 10.4.